The molecule has 0 bridgehead atoms. The lowest BCUT2D eigenvalue weighted by Gasteiger charge is -2.18. The zero-order valence-electron chi connectivity index (χ0n) is 49.3. The van der Waals surface area contributed by atoms with Crippen molar-refractivity contribution in [2.45, 2.75) is 309 Å². The SMILES string of the molecule is CC/C=C\C/C=C\C/C=C\C/C=C\C/C=C\CCCCCCCCCCCCCC(=O)OCC(COC(=O)CCCCCCCCCCCCCCC)OC(=O)CCCCCCCCC/C=C\C/C=C\C/C=C\CC. The van der Waals surface area contributed by atoms with Gasteiger partial charge in [0.1, 0.15) is 13.2 Å². The van der Waals surface area contributed by atoms with Gasteiger partial charge in [-0.1, -0.05) is 285 Å². The first-order valence-electron chi connectivity index (χ1n) is 31.7. The van der Waals surface area contributed by atoms with Gasteiger partial charge in [0.15, 0.2) is 6.10 Å². The third kappa shape index (κ3) is 61.1. The Balaban J connectivity index is 4.29. The Morgan fingerprint density at radius 1 is 0.280 bits per heavy atom. The van der Waals surface area contributed by atoms with E-state index >= 15 is 0 Å². The van der Waals surface area contributed by atoms with Crippen LogP contribution in [-0.4, -0.2) is 37.2 Å². The zero-order chi connectivity index (χ0) is 54.3. The van der Waals surface area contributed by atoms with Crippen LogP contribution in [0.5, 0.6) is 0 Å². The highest BCUT2D eigenvalue weighted by Crippen LogP contribution is 2.16. The Hall–Kier alpha value is -3.67. The lowest BCUT2D eigenvalue weighted by Crippen LogP contribution is -2.30. The fraction of sp³-hybridized carbons (Fsp3) is 0.725. The lowest BCUT2D eigenvalue weighted by atomic mass is 10.0. The van der Waals surface area contributed by atoms with Gasteiger partial charge in [-0.15, -0.1) is 0 Å². The Morgan fingerprint density at radius 3 is 0.813 bits per heavy atom. The molecule has 0 aromatic heterocycles. The molecule has 0 aliphatic carbocycles. The molecule has 0 spiro atoms. The maximum atomic E-state index is 12.9. The number of rotatable bonds is 57. The Morgan fingerprint density at radius 2 is 0.520 bits per heavy atom. The number of carbonyl (C=O) groups is 3. The molecule has 6 nitrogen and oxygen atoms in total. The second kappa shape index (κ2) is 62.9. The molecule has 0 N–H and O–H groups in total. The molecule has 0 rings (SSSR count). The summed E-state index contributed by atoms with van der Waals surface area (Å²) >= 11 is 0. The minimum absolute atomic E-state index is 0.0794. The summed E-state index contributed by atoms with van der Waals surface area (Å²) in [6.45, 7) is 6.43. The highest BCUT2D eigenvalue weighted by atomic mass is 16.6. The molecule has 0 amide bonds. The van der Waals surface area contributed by atoms with Crippen LogP contribution in [-0.2, 0) is 28.6 Å². The van der Waals surface area contributed by atoms with E-state index in [9.17, 15) is 14.4 Å². The quantitative estimate of drug-likeness (QED) is 0.0261. The number of ether oxygens (including phenoxy) is 3. The van der Waals surface area contributed by atoms with Gasteiger partial charge < -0.3 is 14.2 Å². The zero-order valence-corrected chi connectivity index (χ0v) is 49.3. The topological polar surface area (TPSA) is 78.9 Å². The molecular formula is C69H118O6. The molecule has 1 atom stereocenters. The monoisotopic (exact) mass is 1040 g/mol. The van der Waals surface area contributed by atoms with Crippen LogP contribution in [0.1, 0.15) is 303 Å². The van der Waals surface area contributed by atoms with E-state index in [1.165, 1.54) is 148 Å². The predicted octanol–water partition coefficient (Wildman–Crippen LogP) is 21.7. The number of carbonyl (C=O) groups excluding carboxylic acids is 3. The van der Waals surface area contributed by atoms with E-state index in [2.05, 4.69) is 118 Å². The maximum absolute atomic E-state index is 12.9. The van der Waals surface area contributed by atoms with Crippen molar-refractivity contribution in [2.75, 3.05) is 13.2 Å². The van der Waals surface area contributed by atoms with Crippen molar-refractivity contribution in [1.82, 2.24) is 0 Å². The lowest BCUT2D eigenvalue weighted by molar-refractivity contribution is -0.167. The highest BCUT2D eigenvalue weighted by Gasteiger charge is 2.19. The molecule has 6 heteroatoms. The summed E-state index contributed by atoms with van der Waals surface area (Å²) in [4.78, 5) is 38.3. The summed E-state index contributed by atoms with van der Waals surface area (Å²) in [7, 11) is 0. The van der Waals surface area contributed by atoms with Gasteiger partial charge in [0.05, 0.1) is 0 Å². The van der Waals surface area contributed by atoms with E-state index in [4.69, 9.17) is 14.2 Å². The third-order valence-electron chi connectivity index (χ3n) is 13.6. The van der Waals surface area contributed by atoms with Crippen LogP contribution >= 0.6 is 0 Å². The normalized spacial score (nSPS) is 12.7. The molecular weight excluding hydrogens is 925 g/mol. The molecule has 75 heavy (non-hydrogen) atoms. The van der Waals surface area contributed by atoms with Crippen molar-refractivity contribution >= 4 is 17.9 Å². The highest BCUT2D eigenvalue weighted by molar-refractivity contribution is 5.71. The molecule has 0 aliphatic rings. The minimum Gasteiger partial charge on any atom is -0.462 e. The van der Waals surface area contributed by atoms with Crippen molar-refractivity contribution in [2.24, 2.45) is 0 Å². The van der Waals surface area contributed by atoms with E-state index in [-0.39, 0.29) is 31.1 Å². The van der Waals surface area contributed by atoms with Gasteiger partial charge in [-0.25, -0.2) is 0 Å². The second-order valence-electron chi connectivity index (χ2n) is 20.9. The first kappa shape index (κ1) is 71.3. The van der Waals surface area contributed by atoms with Crippen LogP contribution in [0.15, 0.2) is 97.2 Å². The Labute approximate surface area is 464 Å². The van der Waals surface area contributed by atoms with Crippen LogP contribution in [0, 0.1) is 0 Å². The molecule has 430 valence electrons. The maximum Gasteiger partial charge on any atom is 0.306 e. The van der Waals surface area contributed by atoms with Crippen molar-refractivity contribution in [1.29, 1.82) is 0 Å². The van der Waals surface area contributed by atoms with Crippen LogP contribution in [0.25, 0.3) is 0 Å². The molecule has 0 radical (unpaired) electrons. The van der Waals surface area contributed by atoms with Crippen molar-refractivity contribution in [3.63, 3.8) is 0 Å². The van der Waals surface area contributed by atoms with Crippen LogP contribution < -0.4 is 0 Å². The second-order valence-corrected chi connectivity index (χ2v) is 20.9. The molecule has 0 saturated heterocycles. The molecule has 0 heterocycles. The third-order valence-corrected chi connectivity index (χ3v) is 13.6. The number of hydrogen-bond donors (Lipinski definition) is 0. The van der Waals surface area contributed by atoms with Crippen LogP contribution in [0.2, 0.25) is 0 Å². The predicted molar refractivity (Wildman–Crippen MR) is 325 cm³/mol. The van der Waals surface area contributed by atoms with Gasteiger partial charge in [-0.3, -0.25) is 14.4 Å². The number of allylic oxidation sites excluding steroid dienone is 16. The fourth-order valence-corrected chi connectivity index (χ4v) is 8.90. The number of esters is 3. The molecule has 0 aromatic rings. The first-order chi connectivity index (χ1) is 37.0. The Bertz CT molecular complexity index is 1480. The van der Waals surface area contributed by atoms with Gasteiger partial charge in [-0.2, -0.15) is 0 Å². The smallest absolute Gasteiger partial charge is 0.306 e. The summed E-state index contributed by atoms with van der Waals surface area (Å²) in [6.07, 6.45) is 84.1. The van der Waals surface area contributed by atoms with Crippen molar-refractivity contribution < 1.29 is 28.6 Å². The molecule has 0 fully saturated rings. The Kier molecular flexibility index (Phi) is 59.8. The summed E-state index contributed by atoms with van der Waals surface area (Å²) < 4.78 is 16.9. The number of hydrogen-bond acceptors (Lipinski definition) is 6. The fourth-order valence-electron chi connectivity index (χ4n) is 8.90. The minimum atomic E-state index is -0.783. The summed E-state index contributed by atoms with van der Waals surface area (Å²) in [6, 6.07) is 0. The number of unbranched alkanes of at least 4 members (excludes halogenated alkanes) is 30. The molecule has 0 aromatic carbocycles. The average molecular weight is 1040 g/mol. The largest absolute Gasteiger partial charge is 0.462 e. The van der Waals surface area contributed by atoms with Gasteiger partial charge >= 0.3 is 17.9 Å². The van der Waals surface area contributed by atoms with Gasteiger partial charge in [0.2, 0.25) is 0 Å². The van der Waals surface area contributed by atoms with E-state index < -0.39 is 6.10 Å². The van der Waals surface area contributed by atoms with E-state index in [1.807, 2.05) is 0 Å². The standard InChI is InChI=1S/C69H118O6/c1-4-7-10-13-16-19-22-25-27-29-30-31-32-33-34-35-36-37-38-40-41-44-47-50-53-56-59-62-68(71)74-65-66(64-73-67(70)61-58-55-52-49-46-43-24-21-18-15-12-9-6-3)75-69(72)63-60-57-54-51-48-45-42-39-28-26-23-20-17-14-11-8-5-2/h7-8,10-11,16-17,19-20,25-28,30-31,33-34,66H,4-6,9,12-15,18,21-24,29,32,35-65H2,1-3H3/b10-7-,11-8-,19-16-,20-17-,27-25-,28-26-,31-30-,34-33-. The average Bonchev–Trinajstić information content (AvgIpc) is 3.41. The molecule has 1 unspecified atom stereocenters. The molecule has 0 saturated carbocycles. The van der Waals surface area contributed by atoms with E-state index in [0.29, 0.717) is 19.3 Å². The first-order valence-corrected chi connectivity index (χ1v) is 31.7. The summed E-state index contributed by atoms with van der Waals surface area (Å²) in [5.74, 6) is -0.882. The van der Waals surface area contributed by atoms with E-state index in [0.717, 1.165) is 116 Å². The van der Waals surface area contributed by atoms with Crippen molar-refractivity contribution in [3.8, 4) is 0 Å². The summed E-state index contributed by atoms with van der Waals surface area (Å²) in [5, 5.41) is 0. The van der Waals surface area contributed by atoms with E-state index in [1.54, 1.807) is 0 Å². The molecule has 0 aliphatic heterocycles. The van der Waals surface area contributed by atoms with Crippen LogP contribution in [0.3, 0.4) is 0 Å². The van der Waals surface area contributed by atoms with Gasteiger partial charge in [0, 0.05) is 19.3 Å². The van der Waals surface area contributed by atoms with Gasteiger partial charge in [-0.05, 0) is 96.3 Å². The van der Waals surface area contributed by atoms with Crippen molar-refractivity contribution in [3.05, 3.63) is 97.2 Å². The van der Waals surface area contributed by atoms with Crippen LogP contribution in [0.4, 0.5) is 0 Å². The van der Waals surface area contributed by atoms with Gasteiger partial charge in [0.25, 0.3) is 0 Å². The summed E-state index contributed by atoms with van der Waals surface area (Å²) in [5.41, 5.74) is 0.